The molecule has 2 aromatic rings. The molecular weight excluding hydrogens is 288 g/mol. The summed E-state index contributed by atoms with van der Waals surface area (Å²) in [4.78, 5) is 22.7. The maximum absolute atomic E-state index is 12.3. The van der Waals surface area contributed by atoms with Gasteiger partial charge in [0.15, 0.2) is 0 Å². The van der Waals surface area contributed by atoms with Crippen LogP contribution in [0, 0.1) is 17.0 Å². The van der Waals surface area contributed by atoms with Crippen LogP contribution in [0.15, 0.2) is 12.4 Å². The van der Waals surface area contributed by atoms with Crippen molar-refractivity contribution in [3.63, 3.8) is 0 Å². The summed E-state index contributed by atoms with van der Waals surface area (Å²) in [7, 11) is 0. The minimum atomic E-state index is -0.603. The topological polar surface area (TPSA) is 108 Å². The zero-order valence-corrected chi connectivity index (χ0v) is 12.7. The van der Waals surface area contributed by atoms with E-state index in [-0.39, 0.29) is 17.9 Å². The van der Waals surface area contributed by atoms with Crippen LogP contribution in [0.25, 0.3) is 0 Å². The van der Waals surface area contributed by atoms with E-state index in [0.717, 1.165) is 24.0 Å². The molecule has 0 saturated heterocycles. The number of aromatic nitrogens is 4. The summed E-state index contributed by atoms with van der Waals surface area (Å²) in [6, 6.07) is 0. The van der Waals surface area contributed by atoms with E-state index in [9.17, 15) is 14.9 Å². The van der Waals surface area contributed by atoms with Gasteiger partial charge in [-0.25, -0.2) is 0 Å². The van der Waals surface area contributed by atoms with Crippen molar-refractivity contribution in [2.45, 2.75) is 40.4 Å². The lowest BCUT2D eigenvalue weighted by Crippen LogP contribution is -2.26. The van der Waals surface area contributed by atoms with Gasteiger partial charge in [-0.3, -0.25) is 24.3 Å². The van der Waals surface area contributed by atoms with Crippen molar-refractivity contribution in [1.29, 1.82) is 0 Å². The third-order valence-corrected chi connectivity index (χ3v) is 3.48. The van der Waals surface area contributed by atoms with E-state index in [0.29, 0.717) is 6.54 Å². The second-order valence-corrected chi connectivity index (χ2v) is 4.70. The first-order valence-corrected chi connectivity index (χ1v) is 6.99. The van der Waals surface area contributed by atoms with E-state index < -0.39 is 10.8 Å². The highest BCUT2D eigenvalue weighted by atomic mass is 16.6. The highest BCUT2D eigenvalue weighted by Gasteiger charge is 2.26. The van der Waals surface area contributed by atoms with Gasteiger partial charge in [-0.05, 0) is 20.8 Å². The van der Waals surface area contributed by atoms with Crippen molar-refractivity contribution in [3.8, 4) is 0 Å². The molecular formula is C13H18N6O3. The fraction of sp³-hybridized carbons (Fsp3) is 0.462. The first kappa shape index (κ1) is 15.7. The summed E-state index contributed by atoms with van der Waals surface area (Å²) in [5.74, 6) is -0.519. The molecule has 1 N–H and O–H groups in total. The number of hydrogen-bond donors (Lipinski definition) is 1. The van der Waals surface area contributed by atoms with E-state index in [1.54, 1.807) is 13.1 Å². The third kappa shape index (κ3) is 2.83. The van der Waals surface area contributed by atoms with Gasteiger partial charge in [0, 0.05) is 30.9 Å². The molecule has 0 aromatic carbocycles. The molecule has 118 valence electrons. The molecule has 0 spiro atoms. The average molecular weight is 306 g/mol. The SMILES string of the molecule is CCn1ncc(CNC(=O)c2c([N+](=O)[O-])cnn2CC)c1C. The second-order valence-electron chi connectivity index (χ2n) is 4.70. The lowest BCUT2D eigenvalue weighted by Gasteiger charge is -2.06. The highest BCUT2D eigenvalue weighted by molar-refractivity contribution is 5.96. The summed E-state index contributed by atoms with van der Waals surface area (Å²) in [5.41, 5.74) is 1.51. The largest absolute Gasteiger partial charge is 0.346 e. The van der Waals surface area contributed by atoms with Crippen molar-refractivity contribution in [1.82, 2.24) is 24.9 Å². The second kappa shape index (κ2) is 6.37. The molecule has 0 aliphatic carbocycles. The van der Waals surface area contributed by atoms with Gasteiger partial charge in [0.1, 0.15) is 6.20 Å². The van der Waals surface area contributed by atoms with Crippen molar-refractivity contribution in [3.05, 3.63) is 39.5 Å². The molecule has 0 aliphatic heterocycles. The molecule has 0 radical (unpaired) electrons. The number of carbonyl (C=O) groups excluding carboxylic acids is 1. The summed E-state index contributed by atoms with van der Waals surface area (Å²) in [6.45, 7) is 7.04. The lowest BCUT2D eigenvalue weighted by atomic mass is 10.2. The first-order chi connectivity index (χ1) is 10.5. The van der Waals surface area contributed by atoms with Gasteiger partial charge in [0.2, 0.25) is 5.69 Å². The van der Waals surface area contributed by atoms with Crippen molar-refractivity contribution in [2.24, 2.45) is 0 Å². The molecule has 2 aromatic heterocycles. The fourth-order valence-electron chi connectivity index (χ4n) is 2.22. The Labute approximate surface area is 127 Å². The van der Waals surface area contributed by atoms with Gasteiger partial charge in [-0.15, -0.1) is 0 Å². The maximum Gasteiger partial charge on any atom is 0.320 e. The van der Waals surface area contributed by atoms with Crippen LogP contribution in [0.3, 0.4) is 0 Å². The summed E-state index contributed by atoms with van der Waals surface area (Å²) >= 11 is 0. The standard InChI is InChI=1S/C13H18N6O3/c1-4-17-9(3)10(7-15-17)6-14-13(20)12-11(19(21)22)8-16-18(12)5-2/h7-8H,4-6H2,1-3H3,(H,14,20). The molecule has 9 heteroatoms. The van der Waals surface area contributed by atoms with Gasteiger partial charge < -0.3 is 5.32 Å². The molecule has 0 atom stereocenters. The Hall–Kier alpha value is -2.71. The average Bonchev–Trinajstić information content (AvgIpc) is 3.08. The number of nitrogens with zero attached hydrogens (tertiary/aromatic N) is 5. The zero-order chi connectivity index (χ0) is 16.3. The summed E-state index contributed by atoms with van der Waals surface area (Å²) in [5, 5.41) is 21.7. The number of amides is 1. The Morgan fingerprint density at radius 2 is 1.91 bits per heavy atom. The number of rotatable bonds is 6. The monoisotopic (exact) mass is 306 g/mol. The number of nitrogens with one attached hydrogen (secondary N) is 1. The molecule has 0 aliphatic rings. The highest BCUT2D eigenvalue weighted by Crippen LogP contribution is 2.18. The van der Waals surface area contributed by atoms with Gasteiger partial charge in [0.25, 0.3) is 5.91 Å². The van der Waals surface area contributed by atoms with E-state index >= 15 is 0 Å². The molecule has 0 fully saturated rings. The molecule has 1 amide bonds. The Bertz CT molecular complexity index is 703. The molecule has 0 bridgehead atoms. The van der Waals surface area contributed by atoms with Gasteiger partial charge in [-0.2, -0.15) is 10.2 Å². The first-order valence-electron chi connectivity index (χ1n) is 6.99. The van der Waals surface area contributed by atoms with E-state index in [4.69, 9.17) is 0 Å². The molecule has 22 heavy (non-hydrogen) atoms. The van der Waals surface area contributed by atoms with Gasteiger partial charge >= 0.3 is 5.69 Å². The third-order valence-electron chi connectivity index (χ3n) is 3.48. The van der Waals surface area contributed by atoms with E-state index in [2.05, 4.69) is 15.5 Å². The number of nitro groups is 1. The van der Waals surface area contributed by atoms with Crippen molar-refractivity contribution >= 4 is 11.6 Å². The number of hydrogen-bond acceptors (Lipinski definition) is 5. The summed E-state index contributed by atoms with van der Waals surface area (Å²) < 4.78 is 3.13. The maximum atomic E-state index is 12.3. The van der Waals surface area contributed by atoms with Crippen molar-refractivity contribution < 1.29 is 9.72 Å². The lowest BCUT2D eigenvalue weighted by molar-refractivity contribution is -0.385. The van der Waals surface area contributed by atoms with E-state index in [1.807, 2.05) is 18.5 Å². The van der Waals surface area contributed by atoms with Crippen LogP contribution >= 0.6 is 0 Å². The Morgan fingerprint density at radius 3 is 2.45 bits per heavy atom. The van der Waals surface area contributed by atoms with Crippen LogP contribution in [-0.4, -0.2) is 30.4 Å². The van der Waals surface area contributed by atoms with Crippen LogP contribution in [0.5, 0.6) is 0 Å². The zero-order valence-electron chi connectivity index (χ0n) is 12.7. The van der Waals surface area contributed by atoms with Crippen LogP contribution in [0.2, 0.25) is 0 Å². The van der Waals surface area contributed by atoms with Crippen LogP contribution < -0.4 is 5.32 Å². The smallest absolute Gasteiger partial charge is 0.320 e. The van der Waals surface area contributed by atoms with Crippen LogP contribution in [0.1, 0.15) is 35.6 Å². The Balaban J connectivity index is 2.17. The van der Waals surface area contributed by atoms with E-state index in [1.165, 1.54) is 4.68 Å². The molecule has 0 unspecified atom stereocenters. The number of aryl methyl sites for hydroxylation is 2. The Kier molecular flexibility index (Phi) is 4.54. The minimum absolute atomic E-state index is 0.0342. The van der Waals surface area contributed by atoms with Crippen molar-refractivity contribution in [2.75, 3.05) is 0 Å². The predicted molar refractivity (Wildman–Crippen MR) is 78.4 cm³/mol. The summed E-state index contributed by atoms with van der Waals surface area (Å²) in [6.07, 6.45) is 2.78. The van der Waals surface area contributed by atoms with Gasteiger partial charge in [-0.1, -0.05) is 0 Å². The molecule has 9 nitrogen and oxygen atoms in total. The van der Waals surface area contributed by atoms with Gasteiger partial charge in [0.05, 0.1) is 11.1 Å². The minimum Gasteiger partial charge on any atom is -0.346 e. The molecule has 2 heterocycles. The Morgan fingerprint density at radius 1 is 1.27 bits per heavy atom. The van der Waals surface area contributed by atoms with Crippen LogP contribution in [0.4, 0.5) is 5.69 Å². The number of carbonyl (C=O) groups is 1. The fourth-order valence-corrected chi connectivity index (χ4v) is 2.22. The normalized spacial score (nSPS) is 10.7. The predicted octanol–water partition coefficient (Wildman–Crippen LogP) is 1.27. The van der Waals surface area contributed by atoms with Crippen LogP contribution in [-0.2, 0) is 19.6 Å². The quantitative estimate of drug-likeness (QED) is 0.638. The molecule has 0 saturated carbocycles. The molecule has 2 rings (SSSR count).